The second-order valence-corrected chi connectivity index (χ2v) is 7.35. The first kappa shape index (κ1) is 21.1. The molecule has 0 radical (unpaired) electrons. The Morgan fingerprint density at radius 3 is 2.45 bits per heavy atom. The van der Waals surface area contributed by atoms with E-state index in [4.69, 9.17) is 0 Å². The van der Waals surface area contributed by atoms with Crippen LogP contribution in [0.4, 0.5) is 5.69 Å². The van der Waals surface area contributed by atoms with Gasteiger partial charge in [-0.15, -0.1) is 0 Å². The molecule has 1 heterocycles. The highest BCUT2D eigenvalue weighted by molar-refractivity contribution is 5.95. The minimum Gasteiger partial charge on any atom is -0.354 e. The molecule has 0 spiro atoms. The fourth-order valence-corrected chi connectivity index (χ4v) is 4.03. The highest BCUT2D eigenvalue weighted by atomic mass is 16.2. The standard InChI is InChI=1S/C24H31N3O2/c1-3-26(4-2)23(20-12-6-5-7-13-20)24(29)25-17-10-15-22(28)27-18-16-19-11-8-9-14-21(19)27/h5-9,11-14,23H,3-4,10,15-18H2,1-2H3,(H,25,29). The third kappa shape index (κ3) is 5.04. The van der Waals surface area contributed by atoms with Crippen LogP contribution in [0.25, 0.3) is 0 Å². The first-order chi connectivity index (χ1) is 14.2. The Hall–Kier alpha value is -2.66. The molecule has 0 aliphatic carbocycles. The van der Waals surface area contributed by atoms with E-state index >= 15 is 0 Å². The zero-order chi connectivity index (χ0) is 20.6. The van der Waals surface area contributed by atoms with Crippen LogP contribution in [-0.4, -0.2) is 42.9 Å². The molecule has 2 aromatic rings. The van der Waals surface area contributed by atoms with E-state index < -0.39 is 0 Å². The highest BCUT2D eigenvalue weighted by Crippen LogP contribution is 2.28. The van der Waals surface area contributed by atoms with Crippen LogP contribution in [0.1, 0.15) is 43.9 Å². The summed E-state index contributed by atoms with van der Waals surface area (Å²) in [6, 6.07) is 17.7. The summed E-state index contributed by atoms with van der Waals surface area (Å²) in [5, 5.41) is 3.04. The minimum atomic E-state index is -0.299. The second kappa shape index (κ2) is 10.2. The first-order valence-electron chi connectivity index (χ1n) is 10.6. The van der Waals surface area contributed by atoms with Crippen molar-refractivity contribution in [2.45, 2.75) is 39.2 Å². The second-order valence-electron chi connectivity index (χ2n) is 7.35. The summed E-state index contributed by atoms with van der Waals surface area (Å²) in [6.45, 7) is 7.00. The molecule has 0 saturated carbocycles. The largest absolute Gasteiger partial charge is 0.354 e. The number of fused-ring (bicyclic) bond motifs is 1. The van der Waals surface area contributed by atoms with Gasteiger partial charge < -0.3 is 10.2 Å². The lowest BCUT2D eigenvalue weighted by Gasteiger charge is -2.29. The molecule has 0 fully saturated rings. The Bertz CT molecular complexity index is 818. The van der Waals surface area contributed by atoms with Crippen LogP contribution in [0, 0.1) is 0 Å². The number of likely N-dealkylation sites (N-methyl/N-ethyl adjacent to an activating group) is 1. The van der Waals surface area contributed by atoms with E-state index in [1.807, 2.05) is 53.4 Å². The van der Waals surface area contributed by atoms with Gasteiger partial charge in [0, 0.05) is 25.2 Å². The maximum Gasteiger partial charge on any atom is 0.241 e. The van der Waals surface area contributed by atoms with Crippen molar-refractivity contribution in [1.29, 1.82) is 0 Å². The molecule has 29 heavy (non-hydrogen) atoms. The molecule has 5 heteroatoms. The molecule has 1 aliphatic heterocycles. The molecule has 1 unspecified atom stereocenters. The van der Waals surface area contributed by atoms with Crippen molar-refractivity contribution in [3.63, 3.8) is 0 Å². The molecular formula is C24H31N3O2. The number of nitrogens with zero attached hydrogens (tertiary/aromatic N) is 2. The number of carbonyl (C=O) groups is 2. The van der Waals surface area contributed by atoms with E-state index in [2.05, 4.69) is 30.1 Å². The van der Waals surface area contributed by atoms with Gasteiger partial charge in [0.25, 0.3) is 0 Å². The van der Waals surface area contributed by atoms with Crippen molar-refractivity contribution in [3.05, 3.63) is 65.7 Å². The number of nitrogens with one attached hydrogen (secondary N) is 1. The third-order valence-electron chi connectivity index (χ3n) is 5.60. The van der Waals surface area contributed by atoms with Crippen molar-refractivity contribution in [1.82, 2.24) is 10.2 Å². The van der Waals surface area contributed by atoms with Gasteiger partial charge in [-0.3, -0.25) is 14.5 Å². The molecule has 0 aromatic heterocycles. The van der Waals surface area contributed by atoms with Gasteiger partial charge in [0.15, 0.2) is 0 Å². The summed E-state index contributed by atoms with van der Waals surface area (Å²) >= 11 is 0. The van der Waals surface area contributed by atoms with Gasteiger partial charge in [0.05, 0.1) is 0 Å². The van der Waals surface area contributed by atoms with Gasteiger partial charge >= 0.3 is 0 Å². The van der Waals surface area contributed by atoms with E-state index in [0.717, 1.165) is 37.3 Å². The Kier molecular flexibility index (Phi) is 7.42. The van der Waals surface area contributed by atoms with Crippen molar-refractivity contribution in [2.75, 3.05) is 31.1 Å². The monoisotopic (exact) mass is 393 g/mol. The van der Waals surface area contributed by atoms with Crippen LogP contribution in [0.15, 0.2) is 54.6 Å². The number of carbonyl (C=O) groups excluding carboxylic acids is 2. The van der Waals surface area contributed by atoms with Crippen LogP contribution in [0.2, 0.25) is 0 Å². The summed E-state index contributed by atoms with van der Waals surface area (Å²) in [7, 11) is 0. The highest BCUT2D eigenvalue weighted by Gasteiger charge is 2.26. The number of benzene rings is 2. The molecule has 2 amide bonds. The third-order valence-corrected chi connectivity index (χ3v) is 5.60. The van der Waals surface area contributed by atoms with Crippen molar-refractivity contribution < 1.29 is 9.59 Å². The Morgan fingerprint density at radius 1 is 1.03 bits per heavy atom. The number of hydrogen-bond donors (Lipinski definition) is 1. The van der Waals surface area contributed by atoms with Crippen molar-refractivity contribution >= 4 is 17.5 Å². The smallest absolute Gasteiger partial charge is 0.241 e. The van der Waals surface area contributed by atoms with Crippen molar-refractivity contribution in [3.8, 4) is 0 Å². The summed E-state index contributed by atoms with van der Waals surface area (Å²) in [5.41, 5.74) is 3.27. The van der Waals surface area contributed by atoms with E-state index in [1.165, 1.54) is 5.56 Å². The molecule has 3 rings (SSSR count). The molecule has 0 bridgehead atoms. The summed E-state index contributed by atoms with van der Waals surface area (Å²) < 4.78 is 0. The average molecular weight is 394 g/mol. The number of hydrogen-bond acceptors (Lipinski definition) is 3. The SMILES string of the molecule is CCN(CC)C(C(=O)NCCCC(=O)N1CCc2ccccc21)c1ccccc1. The average Bonchev–Trinajstić information content (AvgIpc) is 3.19. The molecule has 1 aliphatic rings. The Morgan fingerprint density at radius 2 is 1.72 bits per heavy atom. The van der Waals surface area contributed by atoms with Crippen LogP contribution in [0.3, 0.4) is 0 Å². The van der Waals surface area contributed by atoms with Crippen LogP contribution >= 0.6 is 0 Å². The molecule has 2 aromatic carbocycles. The zero-order valence-electron chi connectivity index (χ0n) is 17.4. The first-order valence-corrected chi connectivity index (χ1v) is 10.6. The summed E-state index contributed by atoms with van der Waals surface area (Å²) in [5.74, 6) is 0.131. The minimum absolute atomic E-state index is 0.00105. The van der Waals surface area contributed by atoms with Gasteiger partial charge in [-0.1, -0.05) is 62.4 Å². The number of para-hydroxylation sites is 1. The molecule has 5 nitrogen and oxygen atoms in total. The van der Waals surface area contributed by atoms with Crippen molar-refractivity contribution in [2.24, 2.45) is 0 Å². The maximum absolute atomic E-state index is 12.9. The lowest BCUT2D eigenvalue weighted by molar-refractivity contribution is -0.127. The van der Waals surface area contributed by atoms with Gasteiger partial charge in [-0.05, 0) is 43.1 Å². The summed E-state index contributed by atoms with van der Waals surface area (Å²) in [6.07, 6.45) is 2.00. The lowest BCUT2D eigenvalue weighted by Crippen LogP contribution is -2.41. The fourth-order valence-electron chi connectivity index (χ4n) is 4.03. The van der Waals surface area contributed by atoms with Crippen LogP contribution in [0.5, 0.6) is 0 Å². The molecular weight excluding hydrogens is 362 g/mol. The number of anilines is 1. The van der Waals surface area contributed by atoms with E-state index in [0.29, 0.717) is 19.4 Å². The quantitative estimate of drug-likeness (QED) is 0.663. The van der Waals surface area contributed by atoms with Gasteiger partial charge in [0.2, 0.25) is 11.8 Å². The normalized spacial score (nSPS) is 14.0. The van der Waals surface area contributed by atoms with E-state index in [9.17, 15) is 9.59 Å². The lowest BCUT2D eigenvalue weighted by atomic mass is 10.0. The molecule has 154 valence electrons. The molecule has 1 N–H and O–H groups in total. The molecule has 0 saturated heterocycles. The predicted molar refractivity (Wildman–Crippen MR) is 117 cm³/mol. The van der Waals surface area contributed by atoms with Crippen LogP contribution < -0.4 is 10.2 Å². The Balaban J connectivity index is 1.52. The maximum atomic E-state index is 12.9. The fraction of sp³-hybridized carbons (Fsp3) is 0.417. The number of amides is 2. The Labute approximate surface area is 173 Å². The van der Waals surface area contributed by atoms with Gasteiger partial charge in [-0.25, -0.2) is 0 Å². The zero-order valence-corrected chi connectivity index (χ0v) is 17.4. The predicted octanol–water partition coefficient (Wildman–Crippen LogP) is 3.56. The summed E-state index contributed by atoms with van der Waals surface area (Å²) in [4.78, 5) is 29.6. The number of rotatable bonds is 9. The van der Waals surface area contributed by atoms with E-state index in [-0.39, 0.29) is 17.9 Å². The van der Waals surface area contributed by atoms with Crippen LogP contribution in [-0.2, 0) is 16.0 Å². The van der Waals surface area contributed by atoms with Gasteiger partial charge in [-0.2, -0.15) is 0 Å². The van der Waals surface area contributed by atoms with Gasteiger partial charge in [0.1, 0.15) is 6.04 Å². The topological polar surface area (TPSA) is 52.7 Å². The van der Waals surface area contributed by atoms with E-state index in [1.54, 1.807) is 0 Å². The molecule has 1 atom stereocenters.